The lowest BCUT2D eigenvalue weighted by Crippen LogP contribution is -2.39. The number of hydrogen-bond donors (Lipinski definition) is 2. The molecule has 0 atom stereocenters. The standard InChI is InChI=1S/C21H28N2O2/c1-6-16-9-7-8-15(2)19(16)23-20(24)22-14-21(3,4)17-10-12-18(25-5)13-11-17/h7-13H,6,14H2,1-5H3,(H2,22,23,24). The summed E-state index contributed by atoms with van der Waals surface area (Å²) in [6, 6.07) is 13.9. The third-order valence-corrected chi connectivity index (χ3v) is 4.54. The molecule has 4 nitrogen and oxygen atoms in total. The molecule has 2 N–H and O–H groups in total. The van der Waals surface area contributed by atoms with Gasteiger partial charge < -0.3 is 15.4 Å². The van der Waals surface area contributed by atoms with E-state index in [0.717, 1.165) is 34.5 Å². The first-order chi connectivity index (χ1) is 11.9. The molecule has 0 aliphatic rings. The zero-order valence-electron chi connectivity index (χ0n) is 15.8. The topological polar surface area (TPSA) is 50.4 Å². The second-order valence-electron chi connectivity index (χ2n) is 6.88. The number of amides is 2. The lowest BCUT2D eigenvalue weighted by Gasteiger charge is -2.26. The van der Waals surface area contributed by atoms with Gasteiger partial charge in [-0.05, 0) is 42.2 Å². The summed E-state index contributed by atoms with van der Waals surface area (Å²) in [5.74, 6) is 0.830. The predicted octanol–water partition coefficient (Wildman–Crippen LogP) is 4.67. The molecule has 0 saturated heterocycles. The van der Waals surface area contributed by atoms with Gasteiger partial charge in [-0.1, -0.05) is 51.1 Å². The van der Waals surface area contributed by atoms with E-state index in [1.54, 1.807) is 7.11 Å². The van der Waals surface area contributed by atoms with Crippen molar-refractivity contribution in [1.82, 2.24) is 5.32 Å². The fourth-order valence-electron chi connectivity index (χ4n) is 2.81. The average Bonchev–Trinajstić information content (AvgIpc) is 2.62. The Morgan fingerprint density at radius 2 is 1.80 bits per heavy atom. The molecular weight excluding hydrogens is 312 g/mol. The first-order valence-electron chi connectivity index (χ1n) is 8.65. The molecule has 0 radical (unpaired) electrons. The number of carbonyl (C=O) groups is 1. The molecule has 0 aliphatic heterocycles. The summed E-state index contributed by atoms with van der Waals surface area (Å²) in [6.45, 7) is 8.86. The average molecular weight is 340 g/mol. The molecule has 0 fully saturated rings. The lowest BCUT2D eigenvalue weighted by molar-refractivity contribution is 0.249. The molecule has 25 heavy (non-hydrogen) atoms. The van der Waals surface area contributed by atoms with Crippen LogP contribution in [-0.4, -0.2) is 19.7 Å². The maximum absolute atomic E-state index is 12.4. The van der Waals surface area contributed by atoms with Crippen molar-refractivity contribution in [3.8, 4) is 5.75 Å². The summed E-state index contributed by atoms with van der Waals surface area (Å²) in [5.41, 5.74) is 4.10. The number of hydrogen-bond acceptors (Lipinski definition) is 2. The quantitative estimate of drug-likeness (QED) is 0.803. The highest BCUT2D eigenvalue weighted by atomic mass is 16.5. The fourth-order valence-corrected chi connectivity index (χ4v) is 2.81. The largest absolute Gasteiger partial charge is 0.497 e. The fraction of sp³-hybridized carbons (Fsp3) is 0.381. The molecular formula is C21H28N2O2. The van der Waals surface area contributed by atoms with Crippen molar-refractivity contribution in [2.75, 3.05) is 19.0 Å². The van der Waals surface area contributed by atoms with Crippen LogP contribution < -0.4 is 15.4 Å². The van der Waals surface area contributed by atoms with E-state index in [9.17, 15) is 4.79 Å². The number of anilines is 1. The van der Waals surface area contributed by atoms with Crippen LogP contribution in [0, 0.1) is 6.92 Å². The number of aryl methyl sites for hydroxylation is 2. The Kier molecular flexibility index (Phi) is 6.07. The summed E-state index contributed by atoms with van der Waals surface area (Å²) >= 11 is 0. The van der Waals surface area contributed by atoms with Gasteiger partial charge in [-0.3, -0.25) is 0 Å². The highest BCUT2D eigenvalue weighted by molar-refractivity contribution is 5.91. The number of para-hydroxylation sites is 1. The van der Waals surface area contributed by atoms with E-state index in [1.807, 2.05) is 49.4 Å². The number of methoxy groups -OCH3 is 1. The third-order valence-electron chi connectivity index (χ3n) is 4.54. The van der Waals surface area contributed by atoms with Gasteiger partial charge >= 0.3 is 6.03 Å². The Bertz CT molecular complexity index is 721. The second-order valence-corrected chi connectivity index (χ2v) is 6.88. The van der Waals surface area contributed by atoms with Crippen LogP contribution in [0.5, 0.6) is 5.75 Å². The first kappa shape index (κ1) is 18.8. The second kappa shape index (κ2) is 8.06. The van der Waals surface area contributed by atoms with Gasteiger partial charge in [0.25, 0.3) is 0 Å². The van der Waals surface area contributed by atoms with Crippen molar-refractivity contribution in [1.29, 1.82) is 0 Å². The van der Waals surface area contributed by atoms with Crippen LogP contribution in [0.1, 0.15) is 37.5 Å². The molecule has 0 unspecified atom stereocenters. The Morgan fingerprint density at radius 1 is 1.12 bits per heavy atom. The maximum Gasteiger partial charge on any atom is 0.319 e. The summed E-state index contributed by atoms with van der Waals surface area (Å²) in [6.07, 6.45) is 0.884. The zero-order valence-corrected chi connectivity index (χ0v) is 15.8. The van der Waals surface area contributed by atoms with Crippen molar-refractivity contribution < 1.29 is 9.53 Å². The van der Waals surface area contributed by atoms with E-state index < -0.39 is 0 Å². The normalized spacial score (nSPS) is 11.1. The first-order valence-corrected chi connectivity index (χ1v) is 8.65. The highest BCUT2D eigenvalue weighted by Crippen LogP contribution is 2.25. The van der Waals surface area contributed by atoms with Crippen molar-refractivity contribution in [2.24, 2.45) is 0 Å². The minimum Gasteiger partial charge on any atom is -0.497 e. The van der Waals surface area contributed by atoms with E-state index in [4.69, 9.17) is 4.74 Å². The molecule has 2 aromatic carbocycles. The number of rotatable bonds is 6. The zero-order chi connectivity index (χ0) is 18.4. The summed E-state index contributed by atoms with van der Waals surface area (Å²) < 4.78 is 5.20. The number of ether oxygens (including phenoxy) is 1. The molecule has 0 saturated carbocycles. The van der Waals surface area contributed by atoms with Crippen molar-refractivity contribution in [2.45, 2.75) is 39.5 Å². The van der Waals surface area contributed by atoms with Crippen LogP contribution in [-0.2, 0) is 11.8 Å². The molecule has 0 aromatic heterocycles. The predicted molar refractivity (Wildman–Crippen MR) is 104 cm³/mol. The Balaban J connectivity index is 2.01. The van der Waals surface area contributed by atoms with E-state index in [1.165, 1.54) is 0 Å². The smallest absolute Gasteiger partial charge is 0.319 e. The van der Waals surface area contributed by atoms with E-state index >= 15 is 0 Å². The van der Waals surface area contributed by atoms with Gasteiger partial charge in [0.2, 0.25) is 0 Å². The lowest BCUT2D eigenvalue weighted by atomic mass is 9.84. The minimum absolute atomic E-state index is 0.175. The monoisotopic (exact) mass is 340 g/mol. The van der Waals surface area contributed by atoms with Crippen molar-refractivity contribution in [3.63, 3.8) is 0 Å². The van der Waals surface area contributed by atoms with Gasteiger partial charge in [-0.2, -0.15) is 0 Å². The maximum atomic E-state index is 12.4. The SMILES string of the molecule is CCc1cccc(C)c1NC(=O)NCC(C)(C)c1ccc(OC)cc1. The Morgan fingerprint density at radius 3 is 2.40 bits per heavy atom. The van der Waals surface area contributed by atoms with E-state index in [-0.39, 0.29) is 11.4 Å². The van der Waals surface area contributed by atoms with Gasteiger partial charge in [0.1, 0.15) is 5.75 Å². The van der Waals surface area contributed by atoms with Crippen molar-refractivity contribution >= 4 is 11.7 Å². The summed E-state index contributed by atoms with van der Waals surface area (Å²) in [5, 5.41) is 6.00. The molecule has 0 heterocycles. The molecule has 4 heteroatoms. The summed E-state index contributed by atoms with van der Waals surface area (Å²) in [4.78, 5) is 12.4. The molecule has 2 rings (SSSR count). The number of urea groups is 1. The van der Waals surface area contributed by atoms with Gasteiger partial charge in [0.05, 0.1) is 7.11 Å². The molecule has 0 aliphatic carbocycles. The van der Waals surface area contributed by atoms with Crippen LogP contribution in [0.2, 0.25) is 0 Å². The van der Waals surface area contributed by atoms with Gasteiger partial charge in [0.15, 0.2) is 0 Å². The van der Waals surface area contributed by atoms with Crippen LogP contribution >= 0.6 is 0 Å². The van der Waals surface area contributed by atoms with Gasteiger partial charge in [-0.25, -0.2) is 4.79 Å². The van der Waals surface area contributed by atoms with Gasteiger partial charge in [0, 0.05) is 17.6 Å². The molecule has 134 valence electrons. The minimum atomic E-state index is -0.178. The number of benzene rings is 2. The Labute approximate surface area is 150 Å². The van der Waals surface area contributed by atoms with E-state index in [0.29, 0.717) is 6.54 Å². The van der Waals surface area contributed by atoms with Crippen LogP contribution in [0.25, 0.3) is 0 Å². The number of nitrogens with one attached hydrogen (secondary N) is 2. The third kappa shape index (κ3) is 4.75. The Hall–Kier alpha value is -2.49. The molecule has 2 aromatic rings. The molecule has 0 bridgehead atoms. The summed E-state index contributed by atoms with van der Waals surface area (Å²) in [7, 11) is 1.65. The number of carbonyl (C=O) groups excluding carboxylic acids is 1. The van der Waals surface area contributed by atoms with Crippen LogP contribution in [0.3, 0.4) is 0 Å². The van der Waals surface area contributed by atoms with Gasteiger partial charge in [-0.15, -0.1) is 0 Å². The molecule has 0 spiro atoms. The van der Waals surface area contributed by atoms with Crippen LogP contribution in [0.4, 0.5) is 10.5 Å². The molecule has 2 amide bonds. The van der Waals surface area contributed by atoms with E-state index in [2.05, 4.69) is 31.4 Å². The van der Waals surface area contributed by atoms with Crippen LogP contribution in [0.15, 0.2) is 42.5 Å². The van der Waals surface area contributed by atoms with Crippen molar-refractivity contribution in [3.05, 3.63) is 59.2 Å². The highest BCUT2D eigenvalue weighted by Gasteiger charge is 2.21.